The molecule has 0 fully saturated rings. The van der Waals surface area contributed by atoms with E-state index in [9.17, 15) is 13.0 Å². The summed E-state index contributed by atoms with van der Waals surface area (Å²) < 4.78 is 43.1. The van der Waals surface area contributed by atoms with Crippen LogP contribution in [0.1, 0.15) is 6.92 Å². The van der Waals surface area contributed by atoms with Gasteiger partial charge in [-0.2, -0.15) is 12.7 Å². The summed E-state index contributed by atoms with van der Waals surface area (Å²) in [7, 11) is 0.239. The molecule has 0 aliphatic carbocycles. The third kappa shape index (κ3) is 4.39. The largest absolute Gasteiger partial charge is 0.343 e. The molecule has 9 heteroatoms. The van der Waals surface area contributed by atoms with Crippen LogP contribution in [0.3, 0.4) is 0 Å². The maximum Gasteiger partial charge on any atom is 0.343 e. The van der Waals surface area contributed by atoms with Gasteiger partial charge >= 0.3 is 6.72 Å². The van der Waals surface area contributed by atoms with Crippen molar-refractivity contribution in [3.8, 4) is 0 Å². The van der Waals surface area contributed by atoms with Crippen LogP contribution in [0.5, 0.6) is 0 Å². The molecule has 0 aliphatic rings. The molecule has 0 spiro atoms. The molecule has 0 heterocycles. The Balaban J connectivity index is 5.20. The molecule has 0 amide bonds. The highest BCUT2D eigenvalue weighted by Gasteiger charge is 2.38. The fourth-order valence-corrected chi connectivity index (χ4v) is 7.05. The monoisotopic (exact) mass is 302 g/mol. The van der Waals surface area contributed by atoms with Gasteiger partial charge in [0.05, 0.1) is 6.61 Å². The van der Waals surface area contributed by atoms with Crippen molar-refractivity contribution in [1.29, 1.82) is 0 Å². The van der Waals surface area contributed by atoms with Gasteiger partial charge in [-0.25, -0.2) is 0 Å². The van der Waals surface area contributed by atoms with Crippen molar-refractivity contribution in [3.63, 3.8) is 0 Å². The molecular weight excluding hydrogens is 283 g/mol. The molecule has 102 valence electrons. The molecule has 0 N–H and O–H groups in total. The van der Waals surface area contributed by atoms with Crippen molar-refractivity contribution in [2.24, 2.45) is 0 Å². The smallest absolute Gasteiger partial charge is 0.309 e. The van der Waals surface area contributed by atoms with Gasteiger partial charge < -0.3 is 4.52 Å². The van der Waals surface area contributed by atoms with Crippen LogP contribution < -0.4 is 0 Å². The number of hydrogen-bond donors (Lipinski definition) is 0. The predicted octanol–water partition coefficient (Wildman–Crippen LogP) is 1.79. The van der Waals surface area contributed by atoms with Gasteiger partial charge in [0.15, 0.2) is 0 Å². The van der Waals surface area contributed by atoms with Crippen molar-refractivity contribution >= 4 is 28.3 Å². The summed E-state index contributed by atoms with van der Waals surface area (Å²) in [5, 5.41) is 0. The van der Waals surface area contributed by atoms with E-state index in [4.69, 9.17) is 4.52 Å². The highest BCUT2D eigenvalue weighted by atomic mass is 32.7. The summed E-state index contributed by atoms with van der Waals surface area (Å²) in [6.07, 6.45) is 1.55. The molecule has 0 bridgehead atoms. The van der Waals surface area contributed by atoms with Gasteiger partial charge in [0.1, 0.15) is 0 Å². The maximum absolute atomic E-state index is 12.4. The van der Waals surface area contributed by atoms with E-state index in [1.165, 1.54) is 21.1 Å². The van der Waals surface area contributed by atoms with Gasteiger partial charge in [0.2, 0.25) is 0 Å². The van der Waals surface area contributed by atoms with Crippen LogP contribution in [0.2, 0.25) is 0 Å². The van der Waals surface area contributed by atoms with Gasteiger partial charge in [-0.15, -0.1) is 10.7 Å². The average Bonchev–Trinajstić information content (AvgIpc) is 2.25. The van der Waals surface area contributed by atoms with E-state index in [2.05, 4.69) is 6.58 Å². The van der Waals surface area contributed by atoms with Crippen LogP contribution in [0.4, 0.5) is 0 Å². The summed E-state index contributed by atoms with van der Waals surface area (Å²) in [4.78, 5) is 0. The topological polar surface area (TPSA) is 66.9 Å². The Morgan fingerprint density at radius 1 is 1.41 bits per heavy atom. The molecule has 0 radical (unpaired) electrons. The normalized spacial score (nSPS) is 16.1. The van der Waals surface area contributed by atoms with Crippen molar-refractivity contribution in [2.45, 2.75) is 6.92 Å². The highest BCUT2D eigenvalue weighted by molar-refractivity contribution is 8.56. The molecule has 6 nitrogen and oxygen atoms in total. The molecule has 0 aromatic carbocycles. The molecule has 0 rings (SSSR count). The molecular formula is C8H19N2O4PS2. The van der Waals surface area contributed by atoms with Gasteiger partial charge in [0.25, 0.3) is 10.2 Å². The summed E-state index contributed by atoms with van der Waals surface area (Å²) in [5.74, 6) is 0.352. The first-order valence-corrected chi connectivity index (χ1v) is 9.45. The summed E-state index contributed by atoms with van der Waals surface area (Å²) in [6, 6.07) is 0. The molecule has 17 heavy (non-hydrogen) atoms. The molecule has 0 saturated carbocycles. The minimum atomic E-state index is -3.76. The van der Waals surface area contributed by atoms with E-state index >= 15 is 0 Å². The minimum absolute atomic E-state index is 0.175. The fraction of sp³-hybridized carbons (Fsp3) is 0.750. The molecule has 1 atom stereocenters. The lowest BCUT2D eigenvalue weighted by Crippen LogP contribution is -2.35. The van der Waals surface area contributed by atoms with Crippen LogP contribution in [0.25, 0.3) is 0 Å². The van der Waals surface area contributed by atoms with E-state index < -0.39 is 16.9 Å². The van der Waals surface area contributed by atoms with Gasteiger partial charge in [0, 0.05) is 26.9 Å². The predicted molar refractivity (Wildman–Crippen MR) is 72.3 cm³/mol. The molecule has 0 saturated heterocycles. The molecule has 0 aliphatic heterocycles. The fourth-order valence-electron chi connectivity index (χ4n) is 0.873. The third-order valence-corrected chi connectivity index (χ3v) is 9.42. The summed E-state index contributed by atoms with van der Waals surface area (Å²) in [5.41, 5.74) is 0. The minimum Gasteiger partial charge on any atom is -0.309 e. The summed E-state index contributed by atoms with van der Waals surface area (Å²) >= 11 is 0.936. The van der Waals surface area contributed by atoms with Crippen molar-refractivity contribution in [1.82, 2.24) is 8.38 Å². The Kier molecular flexibility index (Phi) is 6.98. The first-order valence-electron chi connectivity index (χ1n) is 4.89. The van der Waals surface area contributed by atoms with Gasteiger partial charge in [-0.05, 0) is 18.3 Å². The number of rotatable bonds is 8. The Morgan fingerprint density at radius 2 is 1.94 bits per heavy atom. The quantitative estimate of drug-likeness (QED) is 0.505. The SMILES string of the molecule is C=CCSP(=O)(OCC)N(C)S(=O)(=O)N(C)C. The number of nitrogens with zero attached hydrogens (tertiary/aromatic N) is 2. The maximum atomic E-state index is 12.4. The van der Waals surface area contributed by atoms with Crippen LogP contribution in [-0.2, 0) is 19.3 Å². The van der Waals surface area contributed by atoms with Crippen LogP contribution in [-0.4, -0.2) is 50.3 Å². The number of hydrogen-bond acceptors (Lipinski definition) is 5. The van der Waals surface area contributed by atoms with Crippen LogP contribution >= 0.6 is 18.1 Å². The Bertz CT molecular complexity index is 396. The van der Waals surface area contributed by atoms with Crippen LogP contribution in [0, 0.1) is 0 Å². The first-order chi connectivity index (χ1) is 7.72. The zero-order valence-corrected chi connectivity index (χ0v) is 13.0. The molecule has 1 unspecified atom stereocenters. The average molecular weight is 302 g/mol. The second-order valence-electron chi connectivity index (χ2n) is 3.20. The Hall–Kier alpha value is 0.150. The van der Waals surface area contributed by atoms with Crippen molar-refractivity contribution < 1.29 is 17.5 Å². The van der Waals surface area contributed by atoms with E-state index in [0.29, 0.717) is 5.75 Å². The summed E-state index contributed by atoms with van der Waals surface area (Å²) in [6.45, 7) is 1.89. The van der Waals surface area contributed by atoms with Gasteiger partial charge in [-0.3, -0.25) is 4.57 Å². The van der Waals surface area contributed by atoms with E-state index in [1.54, 1.807) is 13.0 Å². The zero-order valence-electron chi connectivity index (χ0n) is 10.5. The lowest BCUT2D eigenvalue weighted by molar-refractivity contribution is 0.321. The zero-order chi connectivity index (χ0) is 13.7. The van der Waals surface area contributed by atoms with E-state index in [1.807, 2.05) is 0 Å². The van der Waals surface area contributed by atoms with E-state index in [-0.39, 0.29) is 6.61 Å². The van der Waals surface area contributed by atoms with Crippen molar-refractivity contribution in [3.05, 3.63) is 12.7 Å². The third-order valence-electron chi connectivity index (χ3n) is 1.79. The lowest BCUT2D eigenvalue weighted by Gasteiger charge is -2.27. The second-order valence-corrected chi connectivity index (χ2v) is 10.2. The van der Waals surface area contributed by atoms with Gasteiger partial charge in [-0.1, -0.05) is 6.08 Å². The second kappa shape index (κ2) is 6.92. The standard InChI is InChI=1S/C8H19N2O4PS2/c1-6-8-16-15(11,14-7-2)10(5)17(12,13)9(3)4/h6H,1,7-8H2,2-5H3. The van der Waals surface area contributed by atoms with Crippen LogP contribution in [0.15, 0.2) is 12.7 Å². The van der Waals surface area contributed by atoms with Crippen molar-refractivity contribution in [2.75, 3.05) is 33.5 Å². The molecule has 0 aromatic heterocycles. The first kappa shape index (κ1) is 17.2. The Labute approximate surface area is 107 Å². The van der Waals surface area contributed by atoms with E-state index in [0.717, 1.165) is 19.8 Å². The Morgan fingerprint density at radius 3 is 2.29 bits per heavy atom. The highest BCUT2D eigenvalue weighted by Crippen LogP contribution is 2.62. The molecule has 0 aromatic rings. The lowest BCUT2D eigenvalue weighted by atomic mass is 10.8.